The van der Waals surface area contributed by atoms with Crippen molar-refractivity contribution in [1.82, 2.24) is 10.2 Å². The fourth-order valence-corrected chi connectivity index (χ4v) is 3.63. The highest BCUT2D eigenvalue weighted by molar-refractivity contribution is 14.0. The van der Waals surface area contributed by atoms with Gasteiger partial charge in [0.15, 0.2) is 5.96 Å². The number of hydrogen-bond acceptors (Lipinski definition) is 2. The van der Waals surface area contributed by atoms with Gasteiger partial charge in [0.2, 0.25) is 0 Å². The Morgan fingerprint density at radius 2 is 2.19 bits per heavy atom. The van der Waals surface area contributed by atoms with Crippen molar-refractivity contribution in [3.63, 3.8) is 0 Å². The van der Waals surface area contributed by atoms with E-state index in [9.17, 15) is 0 Å². The van der Waals surface area contributed by atoms with Gasteiger partial charge in [-0.05, 0) is 43.7 Å². The summed E-state index contributed by atoms with van der Waals surface area (Å²) in [6, 6.07) is 3.90. The van der Waals surface area contributed by atoms with E-state index in [4.69, 9.17) is 9.41 Å². The van der Waals surface area contributed by atoms with Crippen molar-refractivity contribution >= 4 is 29.9 Å². The Morgan fingerprint density at radius 3 is 2.86 bits per heavy atom. The highest BCUT2D eigenvalue weighted by Gasteiger charge is 2.41. The van der Waals surface area contributed by atoms with E-state index in [1.54, 1.807) is 6.26 Å². The summed E-state index contributed by atoms with van der Waals surface area (Å²) in [4.78, 5) is 7.17. The lowest BCUT2D eigenvalue weighted by atomic mass is 9.86. The van der Waals surface area contributed by atoms with E-state index in [1.807, 2.05) is 12.1 Å². The molecular weight excluding hydrogens is 377 g/mol. The molecule has 0 bridgehead atoms. The summed E-state index contributed by atoms with van der Waals surface area (Å²) in [5.41, 5.74) is 0.584. The van der Waals surface area contributed by atoms with Crippen molar-refractivity contribution in [3.8, 4) is 0 Å². The minimum atomic E-state index is 0. The van der Waals surface area contributed by atoms with Crippen LogP contribution in [0.25, 0.3) is 0 Å². The van der Waals surface area contributed by atoms with Crippen LogP contribution in [0.2, 0.25) is 0 Å². The average molecular weight is 403 g/mol. The lowest BCUT2D eigenvalue weighted by Crippen LogP contribution is -2.41. The van der Waals surface area contributed by atoms with Crippen LogP contribution in [-0.4, -0.2) is 30.5 Å². The van der Waals surface area contributed by atoms with Crippen LogP contribution in [0.15, 0.2) is 27.8 Å². The molecule has 1 spiro atoms. The van der Waals surface area contributed by atoms with Gasteiger partial charge in [-0.3, -0.25) is 0 Å². The molecule has 1 saturated carbocycles. The summed E-state index contributed by atoms with van der Waals surface area (Å²) in [6.45, 7) is 5.99. The Labute approximate surface area is 144 Å². The van der Waals surface area contributed by atoms with Crippen LogP contribution in [0.1, 0.15) is 44.8 Å². The molecule has 0 amide bonds. The van der Waals surface area contributed by atoms with E-state index >= 15 is 0 Å². The van der Waals surface area contributed by atoms with Gasteiger partial charge in [-0.15, -0.1) is 24.0 Å². The first-order chi connectivity index (χ1) is 9.81. The number of halogens is 1. The van der Waals surface area contributed by atoms with E-state index in [0.717, 1.165) is 24.8 Å². The second kappa shape index (κ2) is 7.51. The van der Waals surface area contributed by atoms with Crippen LogP contribution in [0.4, 0.5) is 0 Å². The summed E-state index contributed by atoms with van der Waals surface area (Å²) in [5, 5.41) is 3.43. The third kappa shape index (κ3) is 3.93. The van der Waals surface area contributed by atoms with Crippen molar-refractivity contribution in [2.45, 2.75) is 45.6 Å². The number of rotatable bonds is 3. The zero-order chi connectivity index (χ0) is 13.8. The number of hydrogen-bond donors (Lipinski definition) is 1. The molecule has 0 atom stereocenters. The first-order valence-electron chi connectivity index (χ1n) is 7.87. The molecule has 21 heavy (non-hydrogen) atoms. The Morgan fingerprint density at radius 1 is 1.38 bits per heavy atom. The Kier molecular flexibility index (Phi) is 5.96. The quantitative estimate of drug-likeness (QED) is 0.476. The Bertz CT molecular complexity index is 452. The molecule has 3 rings (SSSR count). The number of nitrogens with zero attached hydrogens (tertiary/aromatic N) is 2. The predicted molar refractivity (Wildman–Crippen MR) is 96.0 cm³/mol. The summed E-state index contributed by atoms with van der Waals surface area (Å²) >= 11 is 0. The molecule has 2 fully saturated rings. The van der Waals surface area contributed by atoms with Crippen molar-refractivity contribution in [3.05, 3.63) is 24.2 Å². The topological polar surface area (TPSA) is 40.8 Å². The summed E-state index contributed by atoms with van der Waals surface area (Å²) < 4.78 is 5.36. The van der Waals surface area contributed by atoms with Gasteiger partial charge in [0.25, 0.3) is 0 Å². The van der Waals surface area contributed by atoms with Crippen molar-refractivity contribution < 1.29 is 4.42 Å². The van der Waals surface area contributed by atoms with Crippen LogP contribution in [0.3, 0.4) is 0 Å². The molecule has 1 aromatic heterocycles. The largest absolute Gasteiger partial charge is 0.467 e. The Hall–Kier alpha value is -0.720. The summed E-state index contributed by atoms with van der Waals surface area (Å²) in [7, 11) is 0. The van der Waals surface area contributed by atoms with Gasteiger partial charge < -0.3 is 14.6 Å². The van der Waals surface area contributed by atoms with Crippen LogP contribution in [-0.2, 0) is 6.54 Å². The van der Waals surface area contributed by atoms with Gasteiger partial charge in [-0.2, -0.15) is 0 Å². The molecular formula is C16H26IN3O. The molecule has 1 aliphatic carbocycles. The van der Waals surface area contributed by atoms with E-state index in [0.29, 0.717) is 12.0 Å². The molecule has 118 valence electrons. The van der Waals surface area contributed by atoms with Gasteiger partial charge in [-0.1, -0.05) is 12.8 Å². The maximum Gasteiger partial charge on any atom is 0.194 e. The minimum absolute atomic E-state index is 0. The SMILES string of the molecule is CCNC(=NCc1ccco1)N1CCC2(CCCC2)C1.I. The van der Waals surface area contributed by atoms with Gasteiger partial charge in [0.05, 0.1) is 6.26 Å². The van der Waals surface area contributed by atoms with E-state index in [-0.39, 0.29) is 24.0 Å². The van der Waals surface area contributed by atoms with Crippen LogP contribution in [0, 0.1) is 5.41 Å². The fraction of sp³-hybridized carbons (Fsp3) is 0.688. The summed E-state index contributed by atoms with van der Waals surface area (Å²) in [6.07, 6.45) is 8.67. The smallest absolute Gasteiger partial charge is 0.194 e. The molecule has 4 nitrogen and oxygen atoms in total. The van der Waals surface area contributed by atoms with Crippen LogP contribution < -0.4 is 5.32 Å². The van der Waals surface area contributed by atoms with Crippen molar-refractivity contribution in [2.24, 2.45) is 10.4 Å². The lowest BCUT2D eigenvalue weighted by Gasteiger charge is -2.25. The molecule has 1 aromatic rings. The standard InChI is InChI=1S/C16H25N3O.HI/c1-2-17-15(18-12-14-6-5-11-20-14)19-10-9-16(13-19)7-3-4-8-16;/h5-6,11H,2-4,7-10,12-13H2,1H3,(H,17,18);1H. The average Bonchev–Trinajstić information content (AvgIpc) is 3.18. The van der Waals surface area contributed by atoms with Gasteiger partial charge in [0, 0.05) is 19.6 Å². The predicted octanol–water partition coefficient (Wildman–Crippen LogP) is 3.63. The molecule has 1 N–H and O–H groups in total. The minimum Gasteiger partial charge on any atom is -0.467 e. The molecule has 5 heteroatoms. The molecule has 0 unspecified atom stereocenters. The zero-order valence-electron chi connectivity index (χ0n) is 12.8. The summed E-state index contributed by atoms with van der Waals surface area (Å²) in [5.74, 6) is 1.97. The first-order valence-corrected chi connectivity index (χ1v) is 7.87. The highest BCUT2D eigenvalue weighted by Crippen LogP contribution is 2.45. The van der Waals surface area contributed by atoms with Crippen LogP contribution >= 0.6 is 24.0 Å². The maximum atomic E-state index is 5.36. The molecule has 0 radical (unpaired) electrons. The Balaban J connectivity index is 0.00000161. The lowest BCUT2D eigenvalue weighted by molar-refractivity contribution is 0.309. The van der Waals surface area contributed by atoms with Crippen molar-refractivity contribution in [2.75, 3.05) is 19.6 Å². The number of aliphatic imine (C=N–C) groups is 1. The molecule has 2 heterocycles. The van der Waals surface area contributed by atoms with E-state index < -0.39 is 0 Å². The first kappa shape index (κ1) is 16.6. The molecule has 1 aliphatic heterocycles. The second-order valence-electron chi connectivity index (χ2n) is 6.13. The van der Waals surface area contributed by atoms with E-state index in [2.05, 4.69) is 17.1 Å². The third-order valence-corrected chi connectivity index (χ3v) is 4.70. The monoisotopic (exact) mass is 403 g/mol. The number of furan rings is 1. The number of guanidine groups is 1. The van der Waals surface area contributed by atoms with Crippen molar-refractivity contribution in [1.29, 1.82) is 0 Å². The molecule has 1 saturated heterocycles. The molecule has 0 aromatic carbocycles. The third-order valence-electron chi connectivity index (χ3n) is 4.70. The van der Waals surface area contributed by atoms with Gasteiger partial charge in [-0.25, -0.2) is 4.99 Å². The van der Waals surface area contributed by atoms with E-state index in [1.165, 1.54) is 38.6 Å². The number of nitrogens with one attached hydrogen (secondary N) is 1. The highest BCUT2D eigenvalue weighted by atomic mass is 127. The zero-order valence-corrected chi connectivity index (χ0v) is 15.1. The fourth-order valence-electron chi connectivity index (χ4n) is 3.63. The normalized spacial score (nSPS) is 20.8. The van der Waals surface area contributed by atoms with Gasteiger partial charge >= 0.3 is 0 Å². The maximum absolute atomic E-state index is 5.36. The van der Waals surface area contributed by atoms with Gasteiger partial charge in [0.1, 0.15) is 12.3 Å². The number of likely N-dealkylation sites (tertiary alicyclic amines) is 1. The second-order valence-corrected chi connectivity index (χ2v) is 6.13. The molecule has 2 aliphatic rings. The van der Waals surface area contributed by atoms with Crippen LogP contribution in [0.5, 0.6) is 0 Å².